The molecule has 1 aliphatic rings. The molecule has 36 heavy (non-hydrogen) atoms. The zero-order valence-electron chi connectivity index (χ0n) is 21.6. The average Bonchev–Trinajstić information content (AvgIpc) is 3.32. The summed E-state index contributed by atoms with van der Waals surface area (Å²) in [6.07, 6.45) is 1.20. The van der Waals surface area contributed by atoms with Crippen molar-refractivity contribution in [1.29, 1.82) is 0 Å². The zero-order valence-corrected chi connectivity index (χ0v) is 21.6. The predicted molar refractivity (Wildman–Crippen MR) is 137 cm³/mol. The SMILES string of the molecule is Cc1oc(-c2ccccc2)nc1CCOc1cccc(C[C@H]2C[C@@H](C)N(C(=O)OC(C)(C)C)C2=O)c1. The van der Waals surface area contributed by atoms with E-state index in [4.69, 9.17) is 13.9 Å². The fourth-order valence-corrected chi connectivity index (χ4v) is 4.46. The lowest BCUT2D eigenvalue weighted by atomic mass is 9.96. The number of carbonyl (C=O) groups excluding carboxylic acids is 2. The van der Waals surface area contributed by atoms with Crippen molar-refractivity contribution in [2.75, 3.05) is 6.61 Å². The summed E-state index contributed by atoms with van der Waals surface area (Å²) < 4.78 is 17.3. The van der Waals surface area contributed by atoms with Crippen LogP contribution in [0.2, 0.25) is 0 Å². The minimum Gasteiger partial charge on any atom is -0.493 e. The minimum atomic E-state index is -0.644. The molecule has 2 atom stereocenters. The first-order chi connectivity index (χ1) is 17.1. The van der Waals surface area contributed by atoms with Crippen LogP contribution >= 0.6 is 0 Å². The van der Waals surface area contributed by atoms with E-state index < -0.39 is 11.7 Å². The summed E-state index contributed by atoms with van der Waals surface area (Å²) in [6.45, 7) is 9.64. The van der Waals surface area contributed by atoms with Crippen molar-refractivity contribution in [2.45, 2.75) is 65.5 Å². The molecule has 3 aromatic rings. The molecule has 7 nitrogen and oxygen atoms in total. The van der Waals surface area contributed by atoms with Gasteiger partial charge in [-0.1, -0.05) is 30.3 Å². The van der Waals surface area contributed by atoms with Crippen molar-refractivity contribution in [1.82, 2.24) is 9.88 Å². The smallest absolute Gasteiger partial charge is 0.417 e. The molecule has 2 aromatic carbocycles. The average molecular weight is 491 g/mol. The van der Waals surface area contributed by atoms with Crippen molar-refractivity contribution in [3.05, 3.63) is 71.6 Å². The van der Waals surface area contributed by atoms with Crippen LogP contribution in [0.3, 0.4) is 0 Å². The number of ether oxygens (including phenoxy) is 2. The molecule has 0 aliphatic carbocycles. The molecule has 0 radical (unpaired) electrons. The van der Waals surface area contributed by atoms with Gasteiger partial charge in [-0.25, -0.2) is 14.7 Å². The first kappa shape index (κ1) is 25.5. The molecule has 0 N–H and O–H groups in total. The Hall–Kier alpha value is -3.61. The first-order valence-corrected chi connectivity index (χ1v) is 12.4. The van der Waals surface area contributed by atoms with E-state index in [1.165, 1.54) is 4.90 Å². The standard InChI is InChI=1S/C29H34N2O5/c1-19-16-23(27(32)31(19)28(33)36-29(3,4)5)17-21-10-9-13-24(18-21)34-15-14-25-20(2)35-26(30-25)22-11-7-6-8-12-22/h6-13,18-19,23H,14-17H2,1-5H3/t19-,23-/m1/s1. The molecule has 0 unspecified atom stereocenters. The van der Waals surface area contributed by atoms with E-state index in [0.717, 1.165) is 28.3 Å². The molecule has 0 saturated carbocycles. The van der Waals surface area contributed by atoms with Gasteiger partial charge in [0.1, 0.15) is 17.1 Å². The summed E-state index contributed by atoms with van der Waals surface area (Å²) in [5, 5.41) is 0. The Labute approximate surface area is 212 Å². The van der Waals surface area contributed by atoms with Gasteiger partial charge in [-0.2, -0.15) is 0 Å². The highest BCUT2D eigenvalue weighted by atomic mass is 16.6. The number of nitrogens with zero attached hydrogens (tertiary/aromatic N) is 2. The number of hydrogen-bond acceptors (Lipinski definition) is 6. The Bertz CT molecular complexity index is 1210. The van der Waals surface area contributed by atoms with Crippen molar-refractivity contribution < 1.29 is 23.5 Å². The largest absolute Gasteiger partial charge is 0.493 e. The molecular weight excluding hydrogens is 456 g/mol. The van der Waals surface area contributed by atoms with Gasteiger partial charge in [-0.05, 0) is 77.3 Å². The second-order valence-electron chi connectivity index (χ2n) is 10.3. The van der Waals surface area contributed by atoms with Crippen LogP contribution in [0.25, 0.3) is 11.5 Å². The highest BCUT2D eigenvalue weighted by Crippen LogP contribution is 2.30. The van der Waals surface area contributed by atoms with Crippen molar-refractivity contribution in [3.8, 4) is 17.2 Å². The number of imide groups is 1. The zero-order chi connectivity index (χ0) is 25.9. The van der Waals surface area contributed by atoms with E-state index in [-0.39, 0.29) is 17.9 Å². The predicted octanol–water partition coefficient (Wildman–Crippen LogP) is 5.99. The number of rotatable bonds is 7. The third-order valence-electron chi connectivity index (χ3n) is 6.14. The van der Waals surface area contributed by atoms with E-state index >= 15 is 0 Å². The van der Waals surface area contributed by atoms with Crippen molar-refractivity contribution in [3.63, 3.8) is 0 Å². The van der Waals surface area contributed by atoms with Gasteiger partial charge in [0.15, 0.2) is 0 Å². The molecule has 1 aromatic heterocycles. The molecule has 4 rings (SSSR count). The summed E-state index contributed by atoms with van der Waals surface area (Å²) in [4.78, 5) is 31.4. The lowest BCUT2D eigenvalue weighted by Crippen LogP contribution is -2.41. The van der Waals surface area contributed by atoms with Crippen LogP contribution in [-0.2, 0) is 22.4 Å². The molecule has 2 amide bonds. The van der Waals surface area contributed by atoms with Gasteiger partial charge >= 0.3 is 6.09 Å². The fourth-order valence-electron chi connectivity index (χ4n) is 4.46. The van der Waals surface area contributed by atoms with Crippen LogP contribution in [0.15, 0.2) is 59.0 Å². The van der Waals surface area contributed by atoms with Gasteiger partial charge in [0, 0.05) is 23.9 Å². The van der Waals surface area contributed by atoms with E-state index in [1.807, 2.05) is 68.4 Å². The van der Waals surface area contributed by atoms with Gasteiger partial charge in [-0.3, -0.25) is 4.79 Å². The maximum atomic E-state index is 13.0. The Morgan fingerprint density at radius 3 is 2.61 bits per heavy atom. The van der Waals surface area contributed by atoms with Gasteiger partial charge in [0.05, 0.1) is 12.3 Å². The van der Waals surface area contributed by atoms with Crippen LogP contribution in [-0.4, -0.2) is 40.1 Å². The topological polar surface area (TPSA) is 81.9 Å². The number of hydrogen-bond donors (Lipinski definition) is 0. The highest BCUT2D eigenvalue weighted by Gasteiger charge is 2.42. The summed E-state index contributed by atoms with van der Waals surface area (Å²) >= 11 is 0. The molecular formula is C29H34N2O5. The van der Waals surface area contributed by atoms with Gasteiger partial charge < -0.3 is 13.9 Å². The molecule has 1 aliphatic heterocycles. The maximum Gasteiger partial charge on any atom is 0.417 e. The van der Waals surface area contributed by atoms with Crippen LogP contribution in [0, 0.1) is 12.8 Å². The number of carbonyl (C=O) groups is 2. The van der Waals surface area contributed by atoms with Gasteiger partial charge in [0.25, 0.3) is 0 Å². The number of aryl methyl sites for hydroxylation is 1. The van der Waals surface area contributed by atoms with Gasteiger partial charge in [-0.15, -0.1) is 0 Å². The third-order valence-corrected chi connectivity index (χ3v) is 6.14. The Kier molecular flexibility index (Phi) is 7.48. The number of oxazole rings is 1. The highest BCUT2D eigenvalue weighted by molar-refractivity contribution is 5.95. The summed E-state index contributed by atoms with van der Waals surface area (Å²) in [7, 11) is 0. The Balaban J connectivity index is 1.33. The van der Waals surface area contributed by atoms with Crippen molar-refractivity contribution >= 4 is 12.0 Å². The molecule has 2 heterocycles. The number of likely N-dealkylation sites (tertiary alicyclic amines) is 1. The lowest BCUT2D eigenvalue weighted by molar-refractivity contribution is -0.131. The summed E-state index contributed by atoms with van der Waals surface area (Å²) in [6, 6.07) is 17.4. The normalized spacial score (nSPS) is 17.9. The molecule has 1 saturated heterocycles. The second kappa shape index (κ2) is 10.6. The summed E-state index contributed by atoms with van der Waals surface area (Å²) in [5.74, 6) is 1.69. The van der Waals surface area contributed by atoms with E-state index in [0.29, 0.717) is 31.8 Å². The van der Waals surface area contributed by atoms with E-state index in [2.05, 4.69) is 4.98 Å². The minimum absolute atomic E-state index is 0.182. The van der Waals surface area contributed by atoms with E-state index in [1.54, 1.807) is 20.8 Å². The second-order valence-corrected chi connectivity index (χ2v) is 10.3. The van der Waals surface area contributed by atoms with Crippen LogP contribution in [0.1, 0.15) is 51.1 Å². The number of amides is 2. The molecule has 7 heteroatoms. The number of benzene rings is 2. The van der Waals surface area contributed by atoms with Crippen LogP contribution in [0.4, 0.5) is 4.79 Å². The third kappa shape index (κ3) is 6.14. The first-order valence-electron chi connectivity index (χ1n) is 12.4. The lowest BCUT2D eigenvalue weighted by Gasteiger charge is -2.25. The quantitative estimate of drug-likeness (QED) is 0.405. The fraction of sp³-hybridized carbons (Fsp3) is 0.414. The molecule has 0 bridgehead atoms. The molecule has 0 spiro atoms. The molecule has 190 valence electrons. The van der Waals surface area contributed by atoms with Crippen LogP contribution < -0.4 is 4.74 Å². The van der Waals surface area contributed by atoms with E-state index in [9.17, 15) is 9.59 Å². The summed E-state index contributed by atoms with van der Waals surface area (Å²) in [5.41, 5.74) is 2.17. The Morgan fingerprint density at radius 2 is 1.89 bits per heavy atom. The number of aromatic nitrogens is 1. The maximum absolute atomic E-state index is 13.0. The van der Waals surface area contributed by atoms with Gasteiger partial charge in [0.2, 0.25) is 11.8 Å². The molecule has 1 fully saturated rings. The Morgan fingerprint density at radius 1 is 1.14 bits per heavy atom. The monoisotopic (exact) mass is 490 g/mol. The van der Waals surface area contributed by atoms with Crippen LogP contribution in [0.5, 0.6) is 5.75 Å². The van der Waals surface area contributed by atoms with Crippen molar-refractivity contribution in [2.24, 2.45) is 5.92 Å².